The van der Waals surface area contributed by atoms with Crippen LogP contribution in [0.2, 0.25) is 0 Å². The topological polar surface area (TPSA) is 82.4 Å². The summed E-state index contributed by atoms with van der Waals surface area (Å²) in [6.45, 7) is 2.05. The number of sulfone groups is 1. The lowest BCUT2D eigenvalue weighted by Gasteiger charge is -2.13. The Balaban J connectivity index is 1.87. The number of hydrogen-bond acceptors (Lipinski definition) is 5. The maximum atomic E-state index is 12.3. The van der Waals surface area contributed by atoms with Gasteiger partial charge in [-0.1, -0.05) is 0 Å². The molecule has 0 amide bonds. The Morgan fingerprint density at radius 2 is 1.91 bits per heavy atom. The van der Waals surface area contributed by atoms with Crippen molar-refractivity contribution in [2.75, 3.05) is 6.26 Å². The Morgan fingerprint density at radius 3 is 2.52 bits per heavy atom. The van der Waals surface area contributed by atoms with Crippen molar-refractivity contribution in [3.63, 3.8) is 0 Å². The summed E-state index contributed by atoms with van der Waals surface area (Å²) in [5, 5.41) is 0.587. The first-order valence-electron chi connectivity index (χ1n) is 7.38. The van der Waals surface area contributed by atoms with E-state index in [-0.39, 0.29) is 5.25 Å². The predicted molar refractivity (Wildman–Crippen MR) is 87.5 cm³/mol. The number of fused-ring (bicyclic) bond motifs is 1. The molecule has 2 aromatic rings. The highest BCUT2D eigenvalue weighted by Crippen LogP contribution is 2.34. The summed E-state index contributed by atoms with van der Waals surface area (Å²) in [7, 11) is -6.71. The van der Waals surface area contributed by atoms with Crippen LogP contribution in [0.15, 0.2) is 35.4 Å². The minimum Gasteiger partial charge on any atom is -0.345 e. The summed E-state index contributed by atoms with van der Waals surface area (Å²) in [6, 6.07) is 6.89. The van der Waals surface area contributed by atoms with Crippen LogP contribution in [-0.2, 0) is 30.7 Å². The summed E-state index contributed by atoms with van der Waals surface area (Å²) in [6.07, 6.45) is 3.80. The van der Waals surface area contributed by atoms with Gasteiger partial charge in [0.05, 0.1) is 29.0 Å². The number of rotatable bonds is 6. The van der Waals surface area contributed by atoms with Crippen LogP contribution in [0.3, 0.4) is 0 Å². The molecular formula is C15H19NO5S2. The number of aromatic nitrogens is 1. The van der Waals surface area contributed by atoms with Gasteiger partial charge in [-0.15, -0.1) is 0 Å². The highest BCUT2D eigenvalue weighted by atomic mass is 32.2. The van der Waals surface area contributed by atoms with Crippen LogP contribution in [0.1, 0.15) is 19.8 Å². The van der Waals surface area contributed by atoms with E-state index in [9.17, 15) is 16.8 Å². The first kappa shape index (κ1) is 16.5. The van der Waals surface area contributed by atoms with Crippen LogP contribution < -0.4 is 0 Å². The fourth-order valence-corrected chi connectivity index (χ4v) is 5.04. The van der Waals surface area contributed by atoms with Gasteiger partial charge in [0.25, 0.3) is 10.1 Å². The van der Waals surface area contributed by atoms with Crippen LogP contribution in [0.5, 0.6) is 0 Å². The summed E-state index contributed by atoms with van der Waals surface area (Å²) < 4.78 is 53.7. The normalized spacial score (nSPS) is 17.5. The number of hydrogen-bond donors (Lipinski definition) is 0. The van der Waals surface area contributed by atoms with Crippen LogP contribution in [0.4, 0.5) is 0 Å². The zero-order valence-electron chi connectivity index (χ0n) is 13.0. The molecule has 1 unspecified atom stereocenters. The molecule has 0 aliphatic heterocycles. The fraction of sp³-hybridized carbons (Fsp3) is 0.467. The lowest BCUT2D eigenvalue weighted by Crippen LogP contribution is -2.19. The van der Waals surface area contributed by atoms with Gasteiger partial charge in [-0.3, -0.25) is 4.18 Å². The SMILES string of the molecule is CC(Cn1ccc2cc(S(=O)(=O)C3CC3)ccc21)OS(C)(=O)=O. The molecule has 1 aromatic carbocycles. The molecule has 0 radical (unpaired) electrons. The molecule has 1 aliphatic rings. The van der Waals surface area contributed by atoms with Gasteiger partial charge in [0.1, 0.15) is 0 Å². The molecule has 1 aliphatic carbocycles. The lowest BCUT2D eigenvalue weighted by molar-refractivity contribution is 0.211. The van der Waals surface area contributed by atoms with E-state index in [0.717, 1.165) is 30.0 Å². The molecule has 1 aromatic heterocycles. The number of benzene rings is 1. The third kappa shape index (κ3) is 3.59. The Morgan fingerprint density at radius 1 is 1.22 bits per heavy atom. The maximum absolute atomic E-state index is 12.3. The smallest absolute Gasteiger partial charge is 0.264 e. The largest absolute Gasteiger partial charge is 0.345 e. The fourth-order valence-electron chi connectivity index (χ4n) is 2.69. The molecule has 0 saturated heterocycles. The van der Waals surface area contributed by atoms with Crippen molar-refractivity contribution in [2.24, 2.45) is 0 Å². The van der Waals surface area contributed by atoms with Crippen molar-refractivity contribution in [1.29, 1.82) is 0 Å². The minimum atomic E-state index is -3.50. The van der Waals surface area contributed by atoms with Gasteiger partial charge in [0.2, 0.25) is 0 Å². The molecule has 3 rings (SSSR count). The van der Waals surface area contributed by atoms with Crippen molar-refractivity contribution in [3.05, 3.63) is 30.5 Å². The monoisotopic (exact) mass is 357 g/mol. The van der Waals surface area contributed by atoms with E-state index >= 15 is 0 Å². The standard InChI is InChI=1S/C15H19NO5S2/c1-11(21-22(2,17)18)10-16-8-7-12-9-14(5-6-15(12)16)23(19,20)13-3-4-13/h5-9,11,13H,3-4,10H2,1-2H3. The third-order valence-corrected chi connectivity index (χ3v) is 6.77. The van der Waals surface area contributed by atoms with Crippen molar-refractivity contribution in [3.8, 4) is 0 Å². The van der Waals surface area contributed by atoms with Crippen LogP contribution in [0.25, 0.3) is 10.9 Å². The first-order valence-corrected chi connectivity index (χ1v) is 10.7. The Hall–Kier alpha value is -1.38. The van der Waals surface area contributed by atoms with E-state index in [1.54, 1.807) is 31.3 Å². The molecule has 1 fully saturated rings. The molecule has 1 atom stereocenters. The average Bonchev–Trinajstić information content (AvgIpc) is 3.21. The molecule has 0 spiro atoms. The highest BCUT2D eigenvalue weighted by Gasteiger charge is 2.36. The molecule has 1 saturated carbocycles. The predicted octanol–water partition coefficient (Wildman–Crippen LogP) is 1.94. The van der Waals surface area contributed by atoms with E-state index in [0.29, 0.717) is 11.4 Å². The molecule has 0 N–H and O–H groups in total. The van der Waals surface area contributed by atoms with E-state index in [2.05, 4.69) is 0 Å². The second-order valence-electron chi connectivity index (χ2n) is 6.04. The van der Waals surface area contributed by atoms with E-state index in [1.165, 1.54) is 0 Å². The Bertz CT molecular complexity index is 939. The van der Waals surface area contributed by atoms with Gasteiger partial charge in [-0.25, -0.2) is 8.42 Å². The van der Waals surface area contributed by atoms with Crippen LogP contribution in [-0.4, -0.2) is 39.0 Å². The van der Waals surface area contributed by atoms with Crippen LogP contribution >= 0.6 is 0 Å². The molecular weight excluding hydrogens is 338 g/mol. The Labute approximate surface area is 136 Å². The second kappa shape index (κ2) is 5.61. The van der Waals surface area contributed by atoms with E-state index < -0.39 is 26.1 Å². The summed E-state index contributed by atoms with van der Waals surface area (Å²) in [5.41, 5.74) is 0.851. The minimum absolute atomic E-state index is 0.231. The van der Waals surface area contributed by atoms with Gasteiger partial charge in [-0.2, -0.15) is 8.42 Å². The van der Waals surface area contributed by atoms with Crippen molar-refractivity contribution in [2.45, 2.75) is 42.6 Å². The first-order chi connectivity index (χ1) is 10.7. The van der Waals surface area contributed by atoms with Crippen LogP contribution in [0, 0.1) is 0 Å². The van der Waals surface area contributed by atoms with Crippen molar-refractivity contribution < 1.29 is 21.0 Å². The van der Waals surface area contributed by atoms with Crippen molar-refractivity contribution in [1.82, 2.24) is 4.57 Å². The maximum Gasteiger partial charge on any atom is 0.264 e. The Kier molecular flexibility index (Phi) is 4.02. The van der Waals surface area contributed by atoms with Gasteiger partial charge < -0.3 is 4.57 Å². The summed E-state index contributed by atoms with van der Waals surface area (Å²) in [4.78, 5) is 0.352. The quantitative estimate of drug-likeness (QED) is 0.738. The zero-order valence-corrected chi connectivity index (χ0v) is 14.6. The number of nitrogens with zero attached hydrogens (tertiary/aromatic N) is 1. The molecule has 23 heavy (non-hydrogen) atoms. The summed E-state index contributed by atoms with van der Waals surface area (Å²) >= 11 is 0. The zero-order chi connectivity index (χ0) is 16.8. The van der Waals surface area contributed by atoms with Gasteiger partial charge in [-0.05, 0) is 44.0 Å². The molecule has 8 heteroatoms. The lowest BCUT2D eigenvalue weighted by atomic mass is 10.2. The molecule has 1 heterocycles. The highest BCUT2D eigenvalue weighted by molar-refractivity contribution is 7.92. The van der Waals surface area contributed by atoms with E-state index in [4.69, 9.17) is 4.18 Å². The van der Waals surface area contributed by atoms with Gasteiger partial charge in [0.15, 0.2) is 9.84 Å². The molecule has 126 valence electrons. The molecule has 0 bridgehead atoms. The summed E-state index contributed by atoms with van der Waals surface area (Å²) in [5.74, 6) is 0. The van der Waals surface area contributed by atoms with Gasteiger partial charge >= 0.3 is 0 Å². The third-order valence-electron chi connectivity index (χ3n) is 3.83. The molecule has 6 nitrogen and oxygen atoms in total. The van der Waals surface area contributed by atoms with Crippen molar-refractivity contribution >= 4 is 30.9 Å². The second-order valence-corrected chi connectivity index (χ2v) is 9.87. The average molecular weight is 357 g/mol. The van der Waals surface area contributed by atoms with Gasteiger partial charge in [0, 0.05) is 17.1 Å². The van der Waals surface area contributed by atoms with E-state index in [1.807, 2.05) is 10.6 Å².